The van der Waals surface area contributed by atoms with Crippen molar-refractivity contribution in [2.45, 2.75) is 12.2 Å². The van der Waals surface area contributed by atoms with Crippen molar-refractivity contribution in [2.24, 2.45) is 0 Å². The molecule has 1 aromatic rings. The van der Waals surface area contributed by atoms with Gasteiger partial charge in [-0.25, -0.2) is 9.18 Å². The summed E-state index contributed by atoms with van der Waals surface area (Å²) in [4.78, 5) is 19.8. The van der Waals surface area contributed by atoms with Crippen LogP contribution in [0.1, 0.15) is 11.7 Å². The molecule has 0 amide bonds. The summed E-state index contributed by atoms with van der Waals surface area (Å²) in [7, 11) is 0. The van der Waals surface area contributed by atoms with Crippen molar-refractivity contribution in [2.75, 3.05) is 0 Å². The van der Waals surface area contributed by atoms with E-state index in [1.165, 1.54) is 0 Å². The van der Waals surface area contributed by atoms with Crippen LogP contribution in [0, 0.1) is 15.9 Å². The van der Waals surface area contributed by atoms with Gasteiger partial charge in [0, 0.05) is 5.56 Å². The molecule has 0 radical (unpaired) electrons. The van der Waals surface area contributed by atoms with Gasteiger partial charge in [0.15, 0.2) is 6.10 Å². The van der Waals surface area contributed by atoms with Crippen LogP contribution in [-0.4, -0.2) is 37.4 Å². The van der Waals surface area contributed by atoms with Gasteiger partial charge in [0.25, 0.3) is 0 Å². The molecule has 1 rings (SSSR count). The van der Waals surface area contributed by atoms with E-state index in [1.807, 2.05) is 0 Å². The van der Waals surface area contributed by atoms with E-state index in [9.17, 15) is 29.5 Å². The first-order valence-corrected chi connectivity index (χ1v) is 4.51. The average Bonchev–Trinajstić information content (AvgIpc) is 2.29. The Morgan fingerprint density at radius 1 is 1.39 bits per heavy atom. The molecule has 4 N–H and O–H groups in total. The quantitative estimate of drug-likeness (QED) is 0.438. The summed E-state index contributed by atoms with van der Waals surface area (Å²) in [6.45, 7) is 0. The van der Waals surface area contributed by atoms with Gasteiger partial charge in [-0.1, -0.05) is 0 Å². The lowest BCUT2D eigenvalue weighted by Gasteiger charge is -2.15. The molecule has 98 valence electrons. The monoisotopic (exact) mass is 261 g/mol. The minimum absolute atomic E-state index is 0.401. The number of nitro benzene ring substituents is 1. The molecule has 0 aromatic heterocycles. The van der Waals surface area contributed by atoms with E-state index in [4.69, 9.17) is 10.2 Å². The zero-order valence-corrected chi connectivity index (χ0v) is 8.65. The second kappa shape index (κ2) is 4.94. The van der Waals surface area contributed by atoms with Crippen LogP contribution in [0.15, 0.2) is 12.1 Å². The smallest absolute Gasteiger partial charge is 0.335 e. The van der Waals surface area contributed by atoms with Crippen molar-refractivity contribution in [1.82, 2.24) is 0 Å². The molecule has 0 fully saturated rings. The van der Waals surface area contributed by atoms with Gasteiger partial charge in [0.2, 0.25) is 5.75 Å². The number of halogens is 1. The Morgan fingerprint density at radius 2 is 1.94 bits per heavy atom. The lowest BCUT2D eigenvalue weighted by molar-refractivity contribution is -0.386. The fraction of sp³-hybridized carbons (Fsp3) is 0.222. The van der Waals surface area contributed by atoms with Crippen molar-refractivity contribution >= 4 is 11.7 Å². The Bertz CT molecular complexity index is 504. The molecule has 1 aromatic carbocycles. The highest BCUT2D eigenvalue weighted by Gasteiger charge is 2.31. The maximum absolute atomic E-state index is 13.0. The number of hydrogen-bond donors (Lipinski definition) is 4. The second-order valence-corrected chi connectivity index (χ2v) is 3.35. The van der Waals surface area contributed by atoms with E-state index in [-0.39, 0.29) is 0 Å². The van der Waals surface area contributed by atoms with E-state index in [1.54, 1.807) is 0 Å². The number of phenolic OH excluding ortho intramolecular Hbond substituents is 1. The van der Waals surface area contributed by atoms with E-state index in [0.717, 1.165) is 0 Å². The number of carboxylic acids is 1. The summed E-state index contributed by atoms with van der Waals surface area (Å²) in [5.41, 5.74) is -1.82. The third-order valence-electron chi connectivity index (χ3n) is 2.15. The van der Waals surface area contributed by atoms with Crippen molar-refractivity contribution < 1.29 is 34.5 Å². The van der Waals surface area contributed by atoms with Crippen molar-refractivity contribution in [3.8, 4) is 5.75 Å². The third-order valence-corrected chi connectivity index (χ3v) is 2.15. The SMILES string of the molecule is O=C(O)C(O)C(O)c1cc(F)cc([N+](=O)[O-])c1O. The third kappa shape index (κ3) is 2.52. The fourth-order valence-corrected chi connectivity index (χ4v) is 1.28. The van der Waals surface area contributed by atoms with Crippen molar-refractivity contribution in [1.29, 1.82) is 0 Å². The maximum atomic E-state index is 13.0. The van der Waals surface area contributed by atoms with E-state index in [2.05, 4.69) is 0 Å². The molecule has 0 heterocycles. The highest BCUT2D eigenvalue weighted by Crippen LogP contribution is 2.35. The Balaban J connectivity index is 3.32. The molecular weight excluding hydrogens is 253 g/mol. The van der Waals surface area contributed by atoms with Gasteiger partial charge in [0.05, 0.1) is 11.0 Å². The van der Waals surface area contributed by atoms with E-state index < -0.39 is 45.9 Å². The molecule has 0 aliphatic rings. The molecule has 0 saturated carbocycles. The number of aliphatic carboxylic acids is 1. The molecule has 18 heavy (non-hydrogen) atoms. The Kier molecular flexibility index (Phi) is 3.79. The van der Waals surface area contributed by atoms with Crippen LogP contribution in [0.25, 0.3) is 0 Å². The molecule has 2 unspecified atom stereocenters. The molecule has 9 heteroatoms. The molecule has 0 aliphatic heterocycles. The highest BCUT2D eigenvalue weighted by atomic mass is 19.1. The van der Waals surface area contributed by atoms with Gasteiger partial charge in [-0.3, -0.25) is 10.1 Å². The van der Waals surface area contributed by atoms with Gasteiger partial charge in [0.1, 0.15) is 11.9 Å². The minimum Gasteiger partial charge on any atom is -0.502 e. The number of phenols is 1. The predicted molar refractivity (Wildman–Crippen MR) is 53.3 cm³/mol. The molecule has 0 saturated heterocycles. The largest absolute Gasteiger partial charge is 0.502 e. The standard InChI is InChI=1S/C9H8FNO7/c10-3-1-4(7(13)8(14)9(15)16)6(12)5(2-3)11(17)18/h1-2,7-8,12-14H,(H,15,16). The van der Waals surface area contributed by atoms with E-state index in [0.29, 0.717) is 12.1 Å². The average molecular weight is 261 g/mol. The van der Waals surface area contributed by atoms with Crippen molar-refractivity contribution in [3.63, 3.8) is 0 Å². The minimum atomic E-state index is -2.35. The number of carbonyl (C=O) groups is 1. The summed E-state index contributed by atoms with van der Waals surface area (Å²) in [5.74, 6) is -4.09. The summed E-state index contributed by atoms with van der Waals surface area (Å²) in [6.07, 6.45) is -4.55. The Labute approximate surface area is 98.7 Å². The maximum Gasteiger partial charge on any atom is 0.335 e. The Hall–Kier alpha value is -2.26. The van der Waals surface area contributed by atoms with Crippen LogP contribution in [0.3, 0.4) is 0 Å². The number of benzene rings is 1. The summed E-state index contributed by atoms with van der Waals surface area (Å²) in [6, 6.07) is 0.901. The molecule has 8 nitrogen and oxygen atoms in total. The number of aromatic hydroxyl groups is 1. The van der Waals surface area contributed by atoms with Crippen LogP contribution >= 0.6 is 0 Å². The van der Waals surface area contributed by atoms with Crippen LogP contribution < -0.4 is 0 Å². The van der Waals surface area contributed by atoms with Crippen LogP contribution in [-0.2, 0) is 4.79 Å². The topological polar surface area (TPSA) is 141 Å². The molecule has 0 bridgehead atoms. The summed E-state index contributed by atoms with van der Waals surface area (Å²) < 4.78 is 13.0. The lowest BCUT2D eigenvalue weighted by Crippen LogP contribution is -2.27. The first-order valence-electron chi connectivity index (χ1n) is 4.51. The first kappa shape index (κ1) is 13.8. The van der Waals surface area contributed by atoms with Crippen LogP contribution in [0.5, 0.6) is 5.75 Å². The molecular formula is C9H8FNO7. The second-order valence-electron chi connectivity index (χ2n) is 3.35. The number of nitro groups is 1. The molecule has 0 spiro atoms. The first-order chi connectivity index (χ1) is 8.25. The highest BCUT2D eigenvalue weighted by molar-refractivity contribution is 5.73. The van der Waals surface area contributed by atoms with Crippen LogP contribution in [0.2, 0.25) is 0 Å². The van der Waals surface area contributed by atoms with Gasteiger partial charge in [-0.05, 0) is 6.07 Å². The van der Waals surface area contributed by atoms with Crippen molar-refractivity contribution in [3.05, 3.63) is 33.6 Å². The number of aliphatic hydroxyl groups is 2. The van der Waals surface area contributed by atoms with Gasteiger partial charge in [-0.2, -0.15) is 0 Å². The lowest BCUT2D eigenvalue weighted by atomic mass is 10.0. The summed E-state index contributed by atoms with van der Waals surface area (Å²) in [5, 5.41) is 46.7. The zero-order valence-electron chi connectivity index (χ0n) is 8.65. The van der Waals surface area contributed by atoms with Gasteiger partial charge >= 0.3 is 11.7 Å². The van der Waals surface area contributed by atoms with Crippen LogP contribution in [0.4, 0.5) is 10.1 Å². The fourth-order valence-electron chi connectivity index (χ4n) is 1.28. The van der Waals surface area contributed by atoms with Gasteiger partial charge in [-0.15, -0.1) is 0 Å². The number of nitrogens with zero attached hydrogens (tertiary/aromatic N) is 1. The number of carboxylic acid groups (broad SMARTS) is 1. The number of hydrogen-bond acceptors (Lipinski definition) is 6. The van der Waals surface area contributed by atoms with E-state index >= 15 is 0 Å². The number of aliphatic hydroxyl groups excluding tert-OH is 2. The Morgan fingerprint density at radius 3 is 2.39 bits per heavy atom. The zero-order chi connectivity index (χ0) is 14.0. The van der Waals surface area contributed by atoms with Gasteiger partial charge < -0.3 is 20.4 Å². The number of rotatable bonds is 4. The predicted octanol–water partition coefficient (Wildman–Crippen LogP) is -0.0816. The molecule has 2 atom stereocenters. The molecule has 0 aliphatic carbocycles. The normalized spacial score (nSPS) is 13.9. The summed E-state index contributed by atoms with van der Waals surface area (Å²) >= 11 is 0.